The molecule has 0 fully saturated rings. The van der Waals surface area contributed by atoms with Gasteiger partial charge in [-0.25, -0.2) is 0 Å². The molecule has 0 saturated heterocycles. The fourth-order valence-corrected chi connectivity index (χ4v) is 6.59. The van der Waals surface area contributed by atoms with Crippen LogP contribution in [0.3, 0.4) is 0 Å². The van der Waals surface area contributed by atoms with E-state index in [2.05, 4.69) is 181 Å². The van der Waals surface area contributed by atoms with Gasteiger partial charge in [0.2, 0.25) is 0 Å². The molecule has 1 aromatic heterocycles. The molecule has 0 bridgehead atoms. The van der Waals surface area contributed by atoms with Gasteiger partial charge in [-0.15, -0.1) is 0 Å². The SMILES string of the molecule is Cc1ccccc1-c1ccccc1-c1ccc2c3ccccc3n(-c3cccc(-c4cccc(-c5ccccc5)c4)c3)c2c1. The summed E-state index contributed by atoms with van der Waals surface area (Å²) < 4.78 is 2.43. The van der Waals surface area contributed by atoms with Gasteiger partial charge in [0.15, 0.2) is 0 Å². The molecule has 0 aliphatic carbocycles. The maximum Gasteiger partial charge on any atom is 0.0547 e. The first-order valence-electron chi connectivity index (χ1n) is 15.2. The van der Waals surface area contributed by atoms with E-state index in [1.807, 2.05) is 0 Å². The summed E-state index contributed by atoms with van der Waals surface area (Å²) in [6, 6.07) is 61.5. The first-order valence-corrected chi connectivity index (χ1v) is 15.2. The van der Waals surface area contributed by atoms with Crippen LogP contribution < -0.4 is 0 Å². The molecule has 1 heteroatoms. The van der Waals surface area contributed by atoms with Crippen molar-refractivity contribution in [3.8, 4) is 50.2 Å². The van der Waals surface area contributed by atoms with E-state index < -0.39 is 0 Å². The molecular weight excluding hydrogens is 530 g/mol. The monoisotopic (exact) mass is 561 g/mol. The van der Waals surface area contributed by atoms with Crippen molar-refractivity contribution in [1.82, 2.24) is 4.57 Å². The molecule has 1 nitrogen and oxygen atoms in total. The number of para-hydroxylation sites is 1. The summed E-state index contributed by atoms with van der Waals surface area (Å²) in [6.45, 7) is 2.19. The lowest BCUT2D eigenvalue weighted by Crippen LogP contribution is -1.95. The number of hydrogen-bond donors (Lipinski definition) is 0. The average Bonchev–Trinajstić information content (AvgIpc) is 3.43. The van der Waals surface area contributed by atoms with E-state index >= 15 is 0 Å². The van der Waals surface area contributed by atoms with E-state index in [-0.39, 0.29) is 0 Å². The fourth-order valence-electron chi connectivity index (χ4n) is 6.59. The molecule has 0 aliphatic heterocycles. The van der Waals surface area contributed by atoms with Crippen LogP contribution in [-0.4, -0.2) is 4.57 Å². The van der Waals surface area contributed by atoms with Gasteiger partial charge in [-0.3, -0.25) is 0 Å². The molecule has 0 unspecified atom stereocenters. The summed E-state index contributed by atoms with van der Waals surface area (Å²) in [5.41, 5.74) is 14.7. The molecule has 0 saturated carbocycles. The van der Waals surface area contributed by atoms with Crippen molar-refractivity contribution >= 4 is 21.8 Å². The Morgan fingerprint density at radius 2 is 0.932 bits per heavy atom. The number of aromatic nitrogens is 1. The third-order valence-electron chi connectivity index (χ3n) is 8.75. The number of rotatable bonds is 5. The van der Waals surface area contributed by atoms with Gasteiger partial charge in [0.25, 0.3) is 0 Å². The van der Waals surface area contributed by atoms with Crippen LogP contribution in [0.2, 0.25) is 0 Å². The van der Waals surface area contributed by atoms with Crippen molar-refractivity contribution in [2.75, 3.05) is 0 Å². The predicted octanol–water partition coefficient (Wildman–Crippen LogP) is 11.8. The number of aryl methyl sites for hydroxylation is 1. The maximum atomic E-state index is 2.43. The molecule has 0 aliphatic rings. The highest BCUT2D eigenvalue weighted by Crippen LogP contribution is 2.39. The van der Waals surface area contributed by atoms with Crippen LogP contribution in [-0.2, 0) is 0 Å². The topological polar surface area (TPSA) is 4.93 Å². The molecule has 44 heavy (non-hydrogen) atoms. The smallest absolute Gasteiger partial charge is 0.0547 e. The normalized spacial score (nSPS) is 11.3. The Morgan fingerprint density at radius 3 is 1.75 bits per heavy atom. The van der Waals surface area contributed by atoms with E-state index in [0.717, 1.165) is 5.69 Å². The molecule has 0 radical (unpaired) electrons. The average molecular weight is 562 g/mol. The maximum absolute atomic E-state index is 2.43. The van der Waals surface area contributed by atoms with Crippen LogP contribution in [0.5, 0.6) is 0 Å². The summed E-state index contributed by atoms with van der Waals surface area (Å²) in [5, 5.41) is 2.52. The third kappa shape index (κ3) is 4.51. The Hall–Kier alpha value is -5.66. The van der Waals surface area contributed by atoms with Gasteiger partial charge < -0.3 is 4.57 Å². The molecule has 0 N–H and O–H groups in total. The molecule has 0 atom stereocenters. The summed E-state index contributed by atoms with van der Waals surface area (Å²) in [5.74, 6) is 0. The zero-order chi connectivity index (χ0) is 29.5. The molecule has 0 amide bonds. The first-order chi connectivity index (χ1) is 21.7. The van der Waals surface area contributed by atoms with Crippen molar-refractivity contribution in [3.63, 3.8) is 0 Å². The summed E-state index contributed by atoms with van der Waals surface area (Å²) in [6.07, 6.45) is 0. The molecule has 8 rings (SSSR count). The largest absolute Gasteiger partial charge is 0.309 e. The molecular formula is C43H31N. The minimum atomic E-state index is 1.16. The molecule has 8 aromatic rings. The lowest BCUT2D eigenvalue weighted by molar-refractivity contribution is 1.18. The number of fused-ring (bicyclic) bond motifs is 3. The highest BCUT2D eigenvalue weighted by atomic mass is 15.0. The highest BCUT2D eigenvalue weighted by Gasteiger charge is 2.16. The van der Waals surface area contributed by atoms with Crippen molar-refractivity contribution < 1.29 is 0 Å². The second-order valence-electron chi connectivity index (χ2n) is 11.4. The first kappa shape index (κ1) is 26.0. The van der Waals surface area contributed by atoms with Gasteiger partial charge >= 0.3 is 0 Å². The predicted molar refractivity (Wildman–Crippen MR) is 187 cm³/mol. The van der Waals surface area contributed by atoms with Gasteiger partial charge in [0.05, 0.1) is 11.0 Å². The Morgan fingerprint density at radius 1 is 0.341 bits per heavy atom. The van der Waals surface area contributed by atoms with Crippen LogP contribution in [0.1, 0.15) is 5.56 Å². The van der Waals surface area contributed by atoms with Gasteiger partial charge in [0, 0.05) is 16.5 Å². The lowest BCUT2D eigenvalue weighted by Gasteiger charge is -2.14. The van der Waals surface area contributed by atoms with E-state index in [0.29, 0.717) is 0 Å². The summed E-state index contributed by atoms with van der Waals surface area (Å²) in [7, 11) is 0. The Labute approximate surface area is 258 Å². The van der Waals surface area contributed by atoms with Gasteiger partial charge in [-0.05, 0) is 87.3 Å². The Bertz CT molecular complexity index is 2290. The standard InChI is InChI=1S/C43H31N/c1-30-13-5-6-20-37(30)39-22-8-7-21-38(39)35-25-26-41-40-23-9-10-24-42(40)44(43(41)29-35)36-19-12-18-34(28-36)33-17-11-16-32(27-33)31-14-3-2-4-15-31/h2-29H,1H3. The molecule has 1 heterocycles. The number of benzene rings is 7. The van der Waals surface area contributed by atoms with E-state index in [9.17, 15) is 0 Å². The Balaban J connectivity index is 1.30. The van der Waals surface area contributed by atoms with Crippen LogP contribution in [0.4, 0.5) is 0 Å². The summed E-state index contributed by atoms with van der Waals surface area (Å²) >= 11 is 0. The van der Waals surface area contributed by atoms with Crippen molar-refractivity contribution in [3.05, 3.63) is 175 Å². The van der Waals surface area contributed by atoms with Crippen LogP contribution in [0, 0.1) is 6.92 Å². The van der Waals surface area contributed by atoms with Crippen molar-refractivity contribution in [1.29, 1.82) is 0 Å². The zero-order valence-corrected chi connectivity index (χ0v) is 24.6. The van der Waals surface area contributed by atoms with E-state index in [4.69, 9.17) is 0 Å². The third-order valence-corrected chi connectivity index (χ3v) is 8.75. The zero-order valence-electron chi connectivity index (χ0n) is 24.6. The van der Waals surface area contributed by atoms with Crippen molar-refractivity contribution in [2.24, 2.45) is 0 Å². The fraction of sp³-hybridized carbons (Fsp3) is 0.0233. The number of nitrogens with zero attached hydrogens (tertiary/aromatic N) is 1. The van der Waals surface area contributed by atoms with E-state index in [1.165, 1.54) is 71.9 Å². The van der Waals surface area contributed by atoms with Crippen LogP contribution in [0.25, 0.3) is 72.0 Å². The Kier molecular flexibility index (Phi) is 6.43. The quantitative estimate of drug-likeness (QED) is 0.197. The van der Waals surface area contributed by atoms with Crippen LogP contribution in [0.15, 0.2) is 170 Å². The van der Waals surface area contributed by atoms with Crippen LogP contribution >= 0.6 is 0 Å². The van der Waals surface area contributed by atoms with Gasteiger partial charge in [0.1, 0.15) is 0 Å². The molecule has 208 valence electrons. The molecule has 0 spiro atoms. The van der Waals surface area contributed by atoms with Gasteiger partial charge in [-0.2, -0.15) is 0 Å². The summed E-state index contributed by atoms with van der Waals surface area (Å²) in [4.78, 5) is 0. The van der Waals surface area contributed by atoms with E-state index in [1.54, 1.807) is 0 Å². The minimum Gasteiger partial charge on any atom is -0.309 e. The molecule has 7 aromatic carbocycles. The lowest BCUT2D eigenvalue weighted by atomic mass is 9.92. The highest BCUT2D eigenvalue weighted by molar-refractivity contribution is 6.10. The number of hydrogen-bond acceptors (Lipinski definition) is 0. The van der Waals surface area contributed by atoms with Crippen molar-refractivity contribution in [2.45, 2.75) is 6.92 Å². The second kappa shape index (κ2) is 10.9. The van der Waals surface area contributed by atoms with Gasteiger partial charge in [-0.1, -0.05) is 140 Å². The minimum absolute atomic E-state index is 1.16. The second-order valence-corrected chi connectivity index (χ2v) is 11.4.